The standard InChI is InChI=1S/C20H19F3N4O2/c1-12-9-17(20(21,22)23)26-19(16(12)10-24)25-11-18(28)27(2)13-3-5-14(6-4-13)29-15-7-8-15/h3-6,9,15H,7-8,11H2,1-2H3,(H,25,26). The molecule has 1 aliphatic carbocycles. The third-order valence-corrected chi connectivity index (χ3v) is 4.45. The molecule has 1 aromatic carbocycles. The van der Waals surface area contributed by atoms with Crippen LogP contribution in [0.2, 0.25) is 0 Å². The van der Waals surface area contributed by atoms with E-state index in [0.717, 1.165) is 24.7 Å². The second-order valence-corrected chi connectivity index (χ2v) is 6.77. The molecule has 1 saturated carbocycles. The molecule has 0 radical (unpaired) electrons. The van der Waals surface area contributed by atoms with Gasteiger partial charge < -0.3 is 15.0 Å². The smallest absolute Gasteiger partial charge is 0.433 e. The fourth-order valence-corrected chi connectivity index (χ4v) is 2.64. The number of benzene rings is 1. The highest BCUT2D eigenvalue weighted by Crippen LogP contribution is 2.31. The summed E-state index contributed by atoms with van der Waals surface area (Å²) < 4.78 is 44.6. The topological polar surface area (TPSA) is 78.2 Å². The fraction of sp³-hybridized carbons (Fsp3) is 0.350. The molecule has 152 valence electrons. The molecule has 29 heavy (non-hydrogen) atoms. The number of carbonyl (C=O) groups is 1. The van der Waals surface area contributed by atoms with E-state index in [2.05, 4.69) is 10.3 Å². The summed E-state index contributed by atoms with van der Waals surface area (Å²) >= 11 is 0. The number of likely N-dealkylation sites (N-methyl/N-ethyl adjacent to an activating group) is 1. The van der Waals surface area contributed by atoms with Crippen LogP contribution in [0.25, 0.3) is 0 Å². The molecular weight excluding hydrogens is 385 g/mol. The van der Waals surface area contributed by atoms with Gasteiger partial charge in [0.1, 0.15) is 23.3 Å². The lowest BCUT2D eigenvalue weighted by Crippen LogP contribution is -2.32. The van der Waals surface area contributed by atoms with Crippen molar-refractivity contribution in [3.63, 3.8) is 0 Å². The van der Waals surface area contributed by atoms with Crippen molar-refractivity contribution >= 4 is 17.4 Å². The molecule has 0 saturated heterocycles. The van der Waals surface area contributed by atoms with Gasteiger partial charge in [-0.05, 0) is 55.7 Å². The molecule has 1 aromatic heterocycles. The minimum Gasteiger partial charge on any atom is -0.490 e. The number of hydrogen-bond donors (Lipinski definition) is 1. The number of aryl methyl sites for hydroxylation is 1. The Labute approximate surface area is 165 Å². The maximum Gasteiger partial charge on any atom is 0.433 e. The number of pyridine rings is 1. The van der Waals surface area contributed by atoms with Gasteiger partial charge in [0.25, 0.3) is 0 Å². The number of nitrogens with one attached hydrogen (secondary N) is 1. The minimum absolute atomic E-state index is 0.0324. The van der Waals surface area contributed by atoms with Crippen LogP contribution in [0.3, 0.4) is 0 Å². The molecule has 1 aliphatic rings. The maximum atomic E-state index is 13.0. The maximum absolute atomic E-state index is 13.0. The van der Waals surface area contributed by atoms with Crippen LogP contribution in [-0.2, 0) is 11.0 Å². The molecule has 9 heteroatoms. The Hall–Kier alpha value is -3.28. The molecule has 1 N–H and O–H groups in total. The van der Waals surface area contributed by atoms with Gasteiger partial charge in [-0.25, -0.2) is 4.98 Å². The number of amides is 1. The highest BCUT2D eigenvalue weighted by atomic mass is 19.4. The number of anilines is 2. The van der Waals surface area contributed by atoms with Crippen molar-refractivity contribution < 1.29 is 22.7 Å². The van der Waals surface area contributed by atoms with Gasteiger partial charge in [-0.3, -0.25) is 4.79 Å². The molecule has 0 unspecified atom stereocenters. The lowest BCUT2D eigenvalue weighted by molar-refractivity contribution is -0.141. The molecule has 2 aromatic rings. The van der Waals surface area contributed by atoms with E-state index in [1.807, 2.05) is 6.07 Å². The van der Waals surface area contributed by atoms with Gasteiger partial charge in [0.2, 0.25) is 5.91 Å². The number of halogens is 3. The Morgan fingerprint density at radius 1 is 1.34 bits per heavy atom. The molecule has 0 spiro atoms. The molecule has 3 rings (SSSR count). The number of aromatic nitrogens is 1. The van der Waals surface area contributed by atoms with E-state index >= 15 is 0 Å². The van der Waals surface area contributed by atoms with Gasteiger partial charge in [-0.2, -0.15) is 18.4 Å². The zero-order chi connectivity index (χ0) is 21.2. The van der Waals surface area contributed by atoms with Gasteiger partial charge in [-0.1, -0.05) is 0 Å². The average molecular weight is 404 g/mol. The summed E-state index contributed by atoms with van der Waals surface area (Å²) in [5, 5.41) is 11.8. The molecular formula is C20H19F3N4O2. The first-order valence-electron chi connectivity index (χ1n) is 8.95. The highest BCUT2D eigenvalue weighted by molar-refractivity contribution is 5.95. The Balaban J connectivity index is 1.69. The molecule has 1 fully saturated rings. The van der Waals surface area contributed by atoms with E-state index in [0.29, 0.717) is 5.69 Å². The summed E-state index contributed by atoms with van der Waals surface area (Å²) in [6, 6.07) is 9.60. The summed E-state index contributed by atoms with van der Waals surface area (Å²) in [6.07, 6.45) is -2.30. The van der Waals surface area contributed by atoms with E-state index in [1.165, 1.54) is 11.8 Å². The number of carbonyl (C=O) groups excluding carboxylic acids is 1. The monoisotopic (exact) mass is 404 g/mol. The first-order valence-corrected chi connectivity index (χ1v) is 8.95. The normalized spacial score (nSPS) is 13.5. The van der Waals surface area contributed by atoms with Crippen molar-refractivity contribution in [3.8, 4) is 11.8 Å². The van der Waals surface area contributed by atoms with Crippen LogP contribution >= 0.6 is 0 Å². The van der Waals surface area contributed by atoms with Crippen molar-refractivity contribution in [2.75, 3.05) is 23.8 Å². The van der Waals surface area contributed by atoms with Crippen LogP contribution < -0.4 is 15.0 Å². The first-order chi connectivity index (χ1) is 13.7. The zero-order valence-electron chi connectivity index (χ0n) is 15.9. The number of alkyl halides is 3. The highest BCUT2D eigenvalue weighted by Gasteiger charge is 2.34. The Kier molecular flexibility index (Phi) is 5.64. The summed E-state index contributed by atoms with van der Waals surface area (Å²) in [6.45, 7) is 1.07. The lowest BCUT2D eigenvalue weighted by atomic mass is 10.1. The van der Waals surface area contributed by atoms with Gasteiger partial charge in [0, 0.05) is 12.7 Å². The van der Waals surface area contributed by atoms with Crippen molar-refractivity contribution in [3.05, 3.63) is 47.2 Å². The van der Waals surface area contributed by atoms with Crippen molar-refractivity contribution in [2.45, 2.75) is 32.0 Å². The van der Waals surface area contributed by atoms with Crippen LogP contribution in [0, 0.1) is 18.3 Å². The number of rotatable bonds is 6. The molecule has 0 aliphatic heterocycles. The summed E-state index contributed by atoms with van der Waals surface area (Å²) in [5.74, 6) is 0.0499. The zero-order valence-corrected chi connectivity index (χ0v) is 15.9. The predicted octanol–water partition coefficient (Wildman–Crippen LogP) is 3.90. The van der Waals surface area contributed by atoms with Crippen LogP contribution in [-0.4, -0.2) is 30.6 Å². The van der Waals surface area contributed by atoms with Gasteiger partial charge in [0.05, 0.1) is 18.2 Å². The molecule has 6 nitrogen and oxygen atoms in total. The van der Waals surface area contributed by atoms with Gasteiger partial charge in [-0.15, -0.1) is 0 Å². The summed E-state index contributed by atoms with van der Waals surface area (Å²) in [4.78, 5) is 17.3. The lowest BCUT2D eigenvalue weighted by Gasteiger charge is -2.19. The average Bonchev–Trinajstić information content (AvgIpc) is 3.49. The van der Waals surface area contributed by atoms with Crippen LogP contribution in [0.5, 0.6) is 5.75 Å². The van der Waals surface area contributed by atoms with E-state index in [4.69, 9.17) is 4.74 Å². The summed E-state index contributed by atoms with van der Waals surface area (Å²) in [5.41, 5.74) is -0.420. The van der Waals surface area contributed by atoms with Crippen molar-refractivity contribution in [1.82, 2.24) is 4.98 Å². The van der Waals surface area contributed by atoms with Crippen molar-refractivity contribution in [1.29, 1.82) is 5.26 Å². The van der Waals surface area contributed by atoms with E-state index in [1.54, 1.807) is 31.3 Å². The Morgan fingerprint density at radius 2 is 2.00 bits per heavy atom. The van der Waals surface area contributed by atoms with E-state index in [-0.39, 0.29) is 29.6 Å². The largest absolute Gasteiger partial charge is 0.490 e. The Bertz CT molecular complexity index is 948. The third kappa shape index (κ3) is 4.96. The second-order valence-electron chi connectivity index (χ2n) is 6.77. The van der Waals surface area contributed by atoms with Gasteiger partial charge in [0.15, 0.2) is 0 Å². The fourth-order valence-electron chi connectivity index (χ4n) is 2.64. The van der Waals surface area contributed by atoms with E-state index < -0.39 is 17.8 Å². The molecule has 0 atom stereocenters. The predicted molar refractivity (Wildman–Crippen MR) is 101 cm³/mol. The molecule has 0 bridgehead atoms. The second kappa shape index (κ2) is 7.99. The van der Waals surface area contributed by atoms with Gasteiger partial charge >= 0.3 is 6.18 Å². The number of nitrogens with zero attached hydrogens (tertiary/aromatic N) is 3. The van der Waals surface area contributed by atoms with E-state index in [9.17, 15) is 23.2 Å². The summed E-state index contributed by atoms with van der Waals surface area (Å²) in [7, 11) is 1.55. The van der Waals surface area contributed by atoms with Crippen LogP contribution in [0.1, 0.15) is 29.7 Å². The SMILES string of the molecule is Cc1cc(C(F)(F)F)nc(NCC(=O)N(C)c2ccc(OC3CC3)cc2)c1C#N. The van der Waals surface area contributed by atoms with Crippen LogP contribution in [0.4, 0.5) is 24.7 Å². The van der Waals surface area contributed by atoms with Crippen molar-refractivity contribution in [2.24, 2.45) is 0 Å². The molecule has 1 amide bonds. The molecule has 1 heterocycles. The third-order valence-electron chi connectivity index (χ3n) is 4.45. The number of ether oxygens (including phenoxy) is 1. The quantitative estimate of drug-likeness (QED) is 0.790. The minimum atomic E-state index is -4.65. The number of nitriles is 1. The first kappa shape index (κ1) is 20.5. The Morgan fingerprint density at radius 3 is 2.55 bits per heavy atom. The number of hydrogen-bond acceptors (Lipinski definition) is 5. The van der Waals surface area contributed by atoms with Crippen LogP contribution in [0.15, 0.2) is 30.3 Å².